The van der Waals surface area contributed by atoms with Gasteiger partial charge in [0.15, 0.2) is 11.3 Å². The maximum Gasteiger partial charge on any atom is 0.172 e. The van der Waals surface area contributed by atoms with Crippen LogP contribution in [0.5, 0.6) is 0 Å². The summed E-state index contributed by atoms with van der Waals surface area (Å²) in [5, 5.41) is 28.9. The van der Waals surface area contributed by atoms with Gasteiger partial charge in [0.2, 0.25) is 0 Å². The summed E-state index contributed by atoms with van der Waals surface area (Å²) in [7, 11) is 0. The molecule has 1 spiro atoms. The predicted molar refractivity (Wildman–Crippen MR) is 234 cm³/mol. The lowest BCUT2D eigenvalue weighted by Crippen LogP contribution is -2.27. The lowest BCUT2D eigenvalue weighted by atomic mass is 9.64. The van der Waals surface area contributed by atoms with Crippen molar-refractivity contribution in [3.63, 3.8) is 0 Å². The Hall–Kier alpha value is -6.61. The first-order chi connectivity index (χ1) is 28.1. The van der Waals surface area contributed by atoms with Gasteiger partial charge < -0.3 is 9.64 Å². The molecular formula is C53H48N4O. The van der Waals surface area contributed by atoms with Crippen LogP contribution in [-0.2, 0) is 10.2 Å². The molecule has 1 fully saturated rings. The van der Waals surface area contributed by atoms with Crippen molar-refractivity contribution in [3.05, 3.63) is 178 Å². The van der Waals surface area contributed by atoms with Crippen LogP contribution in [0.15, 0.2) is 161 Å². The molecule has 8 rings (SSSR count). The van der Waals surface area contributed by atoms with Crippen molar-refractivity contribution in [2.45, 2.75) is 83.7 Å². The minimum absolute atomic E-state index is 0.0651. The molecule has 0 unspecified atom stereocenters. The Bertz CT molecular complexity index is 2570. The van der Waals surface area contributed by atoms with Crippen LogP contribution in [0.25, 0.3) is 17.2 Å². The fraction of sp³-hybridized carbons (Fsp3) is 0.264. The summed E-state index contributed by atoms with van der Waals surface area (Å²) in [5.41, 5.74) is 12.5. The smallest absolute Gasteiger partial charge is 0.172 e. The number of nitriles is 3. The van der Waals surface area contributed by atoms with Gasteiger partial charge in [0, 0.05) is 28.1 Å². The number of hydrogen-bond acceptors (Lipinski definition) is 5. The monoisotopic (exact) mass is 756 g/mol. The Labute approximate surface area is 343 Å². The van der Waals surface area contributed by atoms with E-state index in [0.717, 1.165) is 35.5 Å². The number of ether oxygens (including phenoxy) is 1. The van der Waals surface area contributed by atoms with Crippen LogP contribution in [0.3, 0.4) is 0 Å². The molecule has 4 aromatic rings. The summed E-state index contributed by atoms with van der Waals surface area (Å²) in [6.07, 6.45) is 21.2. The molecule has 3 aliphatic carbocycles. The third-order valence-corrected chi connectivity index (χ3v) is 12.6. The number of anilines is 3. The quantitative estimate of drug-likeness (QED) is 0.175. The van der Waals surface area contributed by atoms with Gasteiger partial charge in [0.05, 0.1) is 0 Å². The van der Waals surface area contributed by atoms with Crippen molar-refractivity contribution in [2.75, 3.05) is 4.90 Å². The molecule has 4 aliphatic rings. The normalized spacial score (nSPS) is 19.3. The maximum absolute atomic E-state index is 9.99. The van der Waals surface area contributed by atoms with Gasteiger partial charge in [-0.2, -0.15) is 15.8 Å². The van der Waals surface area contributed by atoms with E-state index in [1.165, 1.54) is 65.5 Å². The summed E-state index contributed by atoms with van der Waals surface area (Å²) < 4.78 is 5.97. The van der Waals surface area contributed by atoms with Crippen LogP contribution >= 0.6 is 0 Å². The Morgan fingerprint density at radius 3 is 2.09 bits per heavy atom. The molecule has 5 nitrogen and oxygen atoms in total. The topological polar surface area (TPSA) is 83.8 Å². The number of nitrogens with zero attached hydrogens (tertiary/aromatic N) is 4. The fourth-order valence-corrected chi connectivity index (χ4v) is 9.68. The van der Waals surface area contributed by atoms with Crippen molar-refractivity contribution >= 4 is 23.1 Å². The number of para-hydroxylation sites is 1. The lowest BCUT2D eigenvalue weighted by Gasteiger charge is -2.41. The molecule has 0 saturated heterocycles. The number of fused-ring (bicyclic) bond motifs is 3. The maximum atomic E-state index is 9.99. The second-order valence-corrected chi connectivity index (χ2v) is 17.2. The summed E-state index contributed by atoms with van der Waals surface area (Å²) in [4.78, 5) is 2.35. The van der Waals surface area contributed by atoms with Gasteiger partial charge in [-0.1, -0.05) is 130 Å². The van der Waals surface area contributed by atoms with Gasteiger partial charge in [0.1, 0.15) is 29.4 Å². The van der Waals surface area contributed by atoms with Crippen molar-refractivity contribution in [2.24, 2.45) is 5.41 Å². The molecule has 1 heterocycles. The highest BCUT2D eigenvalue weighted by Crippen LogP contribution is 2.51. The van der Waals surface area contributed by atoms with E-state index < -0.39 is 5.60 Å². The largest absolute Gasteiger partial charge is 0.480 e. The number of benzene rings is 4. The van der Waals surface area contributed by atoms with Gasteiger partial charge in [-0.05, 0) is 120 Å². The zero-order valence-corrected chi connectivity index (χ0v) is 33.8. The van der Waals surface area contributed by atoms with Crippen molar-refractivity contribution in [1.82, 2.24) is 0 Å². The summed E-state index contributed by atoms with van der Waals surface area (Å²) in [5.74, 6) is 0.0651. The highest BCUT2D eigenvalue weighted by molar-refractivity contribution is 5.85. The SMILES string of the molecule is CC1(C)OC(=C(C#N)C#N)C(C#N)=C1C=CC=C1C=C(C=Cc2ccc(N(c3ccccc3)c3ccc4c(c3)C(C)(C)c3ccccc3-4)cc2)CC2(CCCCC2)C1. The molecule has 0 atom stereocenters. The van der Waals surface area contributed by atoms with Crippen LogP contribution in [0, 0.1) is 39.4 Å². The zero-order chi connectivity index (χ0) is 40.5. The molecule has 4 aromatic carbocycles. The van der Waals surface area contributed by atoms with E-state index in [4.69, 9.17) is 4.74 Å². The minimum Gasteiger partial charge on any atom is -0.480 e. The molecule has 58 heavy (non-hydrogen) atoms. The predicted octanol–water partition coefficient (Wildman–Crippen LogP) is 13.6. The highest BCUT2D eigenvalue weighted by Gasteiger charge is 2.39. The Balaban J connectivity index is 1.08. The lowest BCUT2D eigenvalue weighted by molar-refractivity contribution is 0.0954. The van der Waals surface area contributed by atoms with Gasteiger partial charge in [-0.15, -0.1) is 0 Å². The van der Waals surface area contributed by atoms with E-state index in [9.17, 15) is 15.8 Å². The van der Waals surface area contributed by atoms with Crippen molar-refractivity contribution in [3.8, 4) is 29.3 Å². The Kier molecular flexibility index (Phi) is 10.2. The highest BCUT2D eigenvalue weighted by atomic mass is 16.5. The Morgan fingerprint density at radius 2 is 1.36 bits per heavy atom. The molecule has 286 valence electrons. The summed E-state index contributed by atoms with van der Waals surface area (Å²) >= 11 is 0. The second-order valence-electron chi connectivity index (χ2n) is 17.2. The molecule has 0 aromatic heterocycles. The van der Waals surface area contributed by atoms with E-state index in [1.54, 1.807) is 0 Å². The van der Waals surface area contributed by atoms with Crippen LogP contribution < -0.4 is 4.90 Å². The van der Waals surface area contributed by atoms with Gasteiger partial charge in [-0.3, -0.25) is 0 Å². The minimum atomic E-state index is -0.840. The molecule has 0 N–H and O–H groups in total. The first kappa shape index (κ1) is 38.3. The molecule has 1 saturated carbocycles. The van der Waals surface area contributed by atoms with E-state index in [0.29, 0.717) is 5.57 Å². The summed E-state index contributed by atoms with van der Waals surface area (Å²) in [6, 6.07) is 41.1. The van der Waals surface area contributed by atoms with Gasteiger partial charge >= 0.3 is 0 Å². The van der Waals surface area contributed by atoms with Crippen molar-refractivity contribution < 1.29 is 4.74 Å². The summed E-state index contributed by atoms with van der Waals surface area (Å²) in [6.45, 7) is 8.37. The third-order valence-electron chi connectivity index (χ3n) is 12.6. The Morgan fingerprint density at radius 1 is 0.690 bits per heavy atom. The third kappa shape index (κ3) is 7.13. The molecule has 1 aliphatic heterocycles. The van der Waals surface area contributed by atoms with E-state index in [2.05, 4.69) is 146 Å². The van der Waals surface area contributed by atoms with Crippen LogP contribution in [0.4, 0.5) is 17.1 Å². The van der Waals surface area contributed by atoms with E-state index in [-0.39, 0.29) is 27.7 Å². The molecular weight excluding hydrogens is 709 g/mol. The number of allylic oxidation sites excluding steroid dienone is 8. The van der Waals surface area contributed by atoms with E-state index in [1.807, 2.05) is 38.1 Å². The molecule has 0 amide bonds. The van der Waals surface area contributed by atoms with Gasteiger partial charge in [-0.25, -0.2) is 0 Å². The standard InChI is InChI=1S/C53H48N4O/c1-51(2)47-18-10-9-17-44(47)45-27-26-43(31-49(45)51)57(41-15-7-5-8-16-41)42-24-22-37(23-25-42)20-21-39-30-38(32-53(33-39)28-11-6-12-29-53)14-13-19-48-46(36-56)50(40(34-54)35-55)58-52(48,3)4/h5,7-10,13-27,30-31H,6,11-12,28-29,32-33H2,1-4H3. The average Bonchev–Trinajstić information content (AvgIpc) is 3.63. The first-order valence-corrected chi connectivity index (χ1v) is 20.4. The van der Waals surface area contributed by atoms with Crippen LogP contribution in [-0.4, -0.2) is 5.60 Å². The van der Waals surface area contributed by atoms with Crippen LogP contribution in [0.1, 0.15) is 89.3 Å². The van der Waals surface area contributed by atoms with E-state index >= 15 is 0 Å². The molecule has 0 radical (unpaired) electrons. The van der Waals surface area contributed by atoms with Crippen LogP contribution in [0.2, 0.25) is 0 Å². The zero-order valence-electron chi connectivity index (χ0n) is 33.8. The number of hydrogen-bond donors (Lipinski definition) is 0. The average molecular weight is 757 g/mol. The first-order valence-electron chi connectivity index (χ1n) is 20.4. The van der Waals surface area contributed by atoms with Crippen molar-refractivity contribution in [1.29, 1.82) is 15.8 Å². The molecule has 0 bridgehead atoms. The number of rotatable bonds is 7. The second kappa shape index (κ2) is 15.4. The fourth-order valence-electron chi connectivity index (χ4n) is 9.68. The van der Waals surface area contributed by atoms with Gasteiger partial charge in [0.25, 0.3) is 0 Å². The molecule has 5 heteroatoms.